The molecule has 1 heterocycles. The van der Waals surface area contributed by atoms with Crippen molar-refractivity contribution >= 4 is 34.9 Å². The number of carbonyl (C=O) groups excluding carboxylic acids is 3. The van der Waals surface area contributed by atoms with Crippen LogP contribution >= 0.6 is 11.8 Å². The summed E-state index contributed by atoms with van der Waals surface area (Å²) in [6.07, 6.45) is 1.66. The Morgan fingerprint density at radius 1 is 1.19 bits per heavy atom. The third-order valence-electron chi connectivity index (χ3n) is 3.96. The first-order valence-corrected chi connectivity index (χ1v) is 9.12. The summed E-state index contributed by atoms with van der Waals surface area (Å²) in [6, 6.07) is 13.5. The highest BCUT2D eigenvalue weighted by atomic mass is 32.2. The summed E-state index contributed by atoms with van der Waals surface area (Å²) < 4.78 is 13.7. The van der Waals surface area contributed by atoms with Gasteiger partial charge in [0.25, 0.3) is 17.1 Å². The lowest BCUT2D eigenvalue weighted by atomic mass is 10.1. The van der Waals surface area contributed by atoms with Gasteiger partial charge in [0, 0.05) is 13.1 Å². The molecule has 3 amide bonds. The van der Waals surface area contributed by atoms with Crippen molar-refractivity contribution in [2.45, 2.75) is 6.92 Å². The number of halogens is 1. The van der Waals surface area contributed by atoms with Crippen LogP contribution in [0.2, 0.25) is 0 Å². The molecule has 1 aliphatic rings. The fourth-order valence-electron chi connectivity index (χ4n) is 2.58. The molecule has 1 aliphatic heterocycles. The van der Waals surface area contributed by atoms with E-state index in [2.05, 4.69) is 5.32 Å². The van der Waals surface area contributed by atoms with Crippen LogP contribution in [0.1, 0.15) is 21.5 Å². The van der Waals surface area contributed by atoms with Crippen LogP contribution in [0.25, 0.3) is 6.08 Å². The molecule has 0 radical (unpaired) electrons. The number of amides is 3. The summed E-state index contributed by atoms with van der Waals surface area (Å²) in [6.45, 7) is 1.83. The van der Waals surface area contributed by atoms with Gasteiger partial charge in [0.1, 0.15) is 5.82 Å². The van der Waals surface area contributed by atoms with Crippen molar-refractivity contribution in [1.82, 2.24) is 10.2 Å². The highest BCUT2D eigenvalue weighted by Crippen LogP contribution is 2.31. The predicted molar refractivity (Wildman–Crippen MR) is 103 cm³/mol. The Hall–Kier alpha value is -2.93. The third kappa shape index (κ3) is 4.43. The van der Waals surface area contributed by atoms with Gasteiger partial charge < -0.3 is 5.32 Å². The smallest absolute Gasteiger partial charge is 0.293 e. The SMILES string of the molecule is Cc1ccc(F)c(C(=O)NCCN2C(=O)S/C(=C/c3ccccc3)C2=O)c1. The number of imide groups is 1. The van der Waals surface area contributed by atoms with Crippen molar-refractivity contribution in [2.75, 3.05) is 13.1 Å². The van der Waals surface area contributed by atoms with Gasteiger partial charge in [0.2, 0.25) is 0 Å². The summed E-state index contributed by atoms with van der Waals surface area (Å²) in [5, 5.41) is 2.16. The lowest BCUT2D eigenvalue weighted by molar-refractivity contribution is -0.122. The van der Waals surface area contributed by atoms with E-state index in [-0.39, 0.29) is 18.7 Å². The molecular weight excluding hydrogens is 367 g/mol. The standard InChI is InChI=1S/C20H17FN2O3S/c1-13-7-8-16(21)15(11-13)18(24)22-9-10-23-19(25)17(27-20(23)26)12-14-5-3-2-4-6-14/h2-8,11-12H,9-10H2,1H3,(H,22,24)/b17-12+. The molecule has 0 atom stereocenters. The highest BCUT2D eigenvalue weighted by molar-refractivity contribution is 8.18. The number of carbonyl (C=O) groups is 3. The van der Waals surface area contributed by atoms with Gasteiger partial charge in [0.05, 0.1) is 10.5 Å². The van der Waals surface area contributed by atoms with Crippen molar-refractivity contribution in [2.24, 2.45) is 0 Å². The fourth-order valence-corrected chi connectivity index (χ4v) is 3.45. The number of hydrogen-bond acceptors (Lipinski definition) is 4. The van der Waals surface area contributed by atoms with Crippen molar-refractivity contribution < 1.29 is 18.8 Å². The molecule has 0 aliphatic carbocycles. The molecule has 1 fully saturated rings. The molecular formula is C20H17FN2O3S. The topological polar surface area (TPSA) is 66.5 Å². The fraction of sp³-hybridized carbons (Fsp3) is 0.150. The molecule has 5 nitrogen and oxygen atoms in total. The van der Waals surface area contributed by atoms with E-state index in [0.717, 1.165) is 27.8 Å². The first-order chi connectivity index (χ1) is 13.0. The minimum Gasteiger partial charge on any atom is -0.350 e. The number of hydrogen-bond donors (Lipinski definition) is 1. The summed E-state index contributed by atoms with van der Waals surface area (Å²) >= 11 is 0.862. The number of nitrogens with one attached hydrogen (secondary N) is 1. The molecule has 27 heavy (non-hydrogen) atoms. The minimum atomic E-state index is -0.616. The zero-order valence-electron chi connectivity index (χ0n) is 14.6. The lowest BCUT2D eigenvalue weighted by Gasteiger charge is -2.13. The molecule has 0 unspecified atom stereocenters. The molecule has 0 spiro atoms. The Kier molecular flexibility index (Phi) is 5.71. The Bertz CT molecular complexity index is 928. The zero-order chi connectivity index (χ0) is 19.4. The molecule has 1 saturated heterocycles. The second-order valence-electron chi connectivity index (χ2n) is 5.98. The van der Waals surface area contributed by atoms with E-state index < -0.39 is 22.9 Å². The van der Waals surface area contributed by atoms with E-state index in [1.165, 1.54) is 12.1 Å². The molecule has 2 aromatic carbocycles. The quantitative estimate of drug-likeness (QED) is 0.800. The second kappa shape index (κ2) is 8.18. The lowest BCUT2D eigenvalue weighted by Crippen LogP contribution is -2.37. The maximum Gasteiger partial charge on any atom is 0.293 e. The maximum absolute atomic E-state index is 13.7. The number of nitrogens with zero attached hydrogens (tertiary/aromatic N) is 1. The predicted octanol–water partition coefficient (Wildman–Crippen LogP) is 3.60. The molecule has 138 valence electrons. The molecule has 3 rings (SSSR count). The number of aryl methyl sites for hydroxylation is 1. The van der Waals surface area contributed by atoms with Crippen LogP contribution in [0.5, 0.6) is 0 Å². The van der Waals surface area contributed by atoms with E-state index in [0.29, 0.717) is 4.91 Å². The minimum absolute atomic E-state index is 0.0238. The summed E-state index contributed by atoms with van der Waals surface area (Å²) in [4.78, 5) is 38.0. The van der Waals surface area contributed by atoms with Gasteiger partial charge in [-0.15, -0.1) is 0 Å². The van der Waals surface area contributed by atoms with Crippen molar-refractivity contribution in [3.8, 4) is 0 Å². The van der Waals surface area contributed by atoms with E-state index in [1.807, 2.05) is 30.3 Å². The Balaban J connectivity index is 1.60. The monoisotopic (exact) mass is 384 g/mol. The van der Waals surface area contributed by atoms with Gasteiger partial charge in [-0.1, -0.05) is 42.0 Å². The van der Waals surface area contributed by atoms with Gasteiger partial charge in [0.15, 0.2) is 0 Å². The van der Waals surface area contributed by atoms with Crippen LogP contribution in [0, 0.1) is 12.7 Å². The molecule has 0 aromatic heterocycles. The summed E-state index contributed by atoms with van der Waals surface area (Å²) in [5.74, 6) is -1.59. The summed E-state index contributed by atoms with van der Waals surface area (Å²) in [7, 11) is 0. The van der Waals surface area contributed by atoms with Gasteiger partial charge in [-0.2, -0.15) is 0 Å². The zero-order valence-corrected chi connectivity index (χ0v) is 15.4. The number of rotatable bonds is 5. The summed E-state index contributed by atoms with van der Waals surface area (Å²) in [5.41, 5.74) is 1.53. The molecule has 0 saturated carbocycles. The Morgan fingerprint density at radius 2 is 1.93 bits per heavy atom. The van der Waals surface area contributed by atoms with Gasteiger partial charge in [-0.25, -0.2) is 4.39 Å². The average molecular weight is 384 g/mol. The van der Waals surface area contributed by atoms with Crippen LogP contribution in [0.15, 0.2) is 53.4 Å². The first kappa shape index (κ1) is 18.8. The van der Waals surface area contributed by atoms with Crippen molar-refractivity contribution in [3.05, 3.63) is 75.9 Å². The van der Waals surface area contributed by atoms with Crippen molar-refractivity contribution in [1.29, 1.82) is 0 Å². The second-order valence-corrected chi connectivity index (χ2v) is 6.98. The Labute approximate surface area is 160 Å². The van der Waals surface area contributed by atoms with Crippen LogP contribution in [0.3, 0.4) is 0 Å². The highest BCUT2D eigenvalue weighted by Gasteiger charge is 2.34. The van der Waals surface area contributed by atoms with Crippen LogP contribution in [0.4, 0.5) is 9.18 Å². The van der Waals surface area contributed by atoms with Crippen molar-refractivity contribution in [3.63, 3.8) is 0 Å². The van der Waals surface area contributed by atoms with E-state index in [4.69, 9.17) is 0 Å². The van der Waals surface area contributed by atoms with E-state index >= 15 is 0 Å². The van der Waals surface area contributed by atoms with E-state index in [1.54, 1.807) is 19.1 Å². The van der Waals surface area contributed by atoms with Gasteiger partial charge in [-0.05, 0) is 42.5 Å². The average Bonchev–Trinajstić information content (AvgIpc) is 2.91. The van der Waals surface area contributed by atoms with Gasteiger partial charge in [-0.3, -0.25) is 19.3 Å². The largest absolute Gasteiger partial charge is 0.350 e. The first-order valence-electron chi connectivity index (χ1n) is 8.30. The molecule has 2 aromatic rings. The Morgan fingerprint density at radius 3 is 2.67 bits per heavy atom. The van der Waals surface area contributed by atoms with Crippen LogP contribution < -0.4 is 5.32 Å². The molecule has 1 N–H and O–H groups in total. The maximum atomic E-state index is 13.7. The van der Waals surface area contributed by atoms with Crippen LogP contribution in [-0.4, -0.2) is 35.0 Å². The molecule has 7 heteroatoms. The number of benzene rings is 2. The van der Waals surface area contributed by atoms with E-state index in [9.17, 15) is 18.8 Å². The number of thioether (sulfide) groups is 1. The molecule has 0 bridgehead atoms. The third-order valence-corrected chi connectivity index (χ3v) is 4.87. The van der Waals surface area contributed by atoms with Gasteiger partial charge >= 0.3 is 0 Å². The van der Waals surface area contributed by atoms with Crippen LogP contribution in [-0.2, 0) is 4.79 Å². The normalized spacial score (nSPS) is 15.5.